The molecule has 56 heavy (non-hydrogen) atoms. The minimum atomic E-state index is 1.09. The van der Waals surface area contributed by atoms with Crippen LogP contribution in [0.25, 0.3) is 82.1 Å². The molecule has 0 atom stereocenters. The fourth-order valence-electron chi connectivity index (χ4n) is 8.67. The number of rotatable bonds is 6. The van der Waals surface area contributed by atoms with E-state index in [1.807, 2.05) is 0 Å². The molecule has 0 N–H and O–H groups in total. The molecule has 1 heterocycles. The Morgan fingerprint density at radius 1 is 0.286 bits per heavy atom. The molecular weight excluding hydrogens is 677 g/mol. The average molecular weight is 713 g/mol. The first-order valence-corrected chi connectivity index (χ1v) is 19.3. The second-order valence-corrected chi connectivity index (χ2v) is 14.6. The topological polar surface area (TPSA) is 8.17 Å². The van der Waals surface area contributed by atoms with E-state index in [1.165, 1.54) is 76.4 Å². The molecule has 0 spiro atoms. The number of benzene rings is 10. The summed E-state index contributed by atoms with van der Waals surface area (Å²) in [5.41, 5.74) is 11.7. The minimum absolute atomic E-state index is 1.09. The van der Waals surface area contributed by atoms with Gasteiger partial charge >= 0.3 is 0 Å². The lowest BCUT2D eigenvalue weighted by Crippen LogP contribution is -2.10. The highest BCUT2D eigenvalue weighted by atomic mass is 15.1. The lowest BCUT2D eigenvalue weighted by atomic mass is 9.93. The van der Waals surface area contributed by atoms with Crippen molar-refractivity contribution in [3.8, 4) is 27.9 Å². The largest absolute Gasteiger partial charge is 0.310 e. The summed E-state index contributed by atoms with van der Waals surface area (Å²) in [7, 11) is 0. The van der Waals surface area contributed by atoms with Crippen LogP contribution in [0.2, 0.25) is 0 Å². The van der Waals surface area contributed by atoms with Gasteiger partial charge in [-0.25, -0.2) is 0 Å². The molecule has 1 aromatic heterocycles. The lowest BCUT2D eigenvalue weighted by molar-refractivity contribution is 1.17. The maximum atomic E-state index is 2.41. The molecule has 0 bridgehead atoms. The summed E-state index contributed by atoms with van der Waals surface area (Å²) in [6, 6.07) is 79.5. The molecule has 10 aromatic carbocycles. The second kappa shape index (κ2) is 13.2. The molecule has 0 amide bonds. The van der Waals surface area contributed by atoms with Crippen molar-refractivity contribution in [2.45, 2.75) is 0 Å². The number of hydrogen-bond acceptors (Lipinski definition) is 1. The molecule has 0 unspecified atom stereocenters. The summed E-state index contributed by atoms with van der Waals surface area (Å²) in [6.07, 6.45) is 0. The van der Waals surface area contributed by atoms with Gasteiger partial charge in [0.05, 0.1) is 11.0 Å². The predicted octanol–water partition coefficient (Wildman–Crippen LogP) is 15.0. The summed E-state index contributed by atoms with van der Waals surface area (Å²) in [5, 5.41) is 10.1. The summed E-state index contributed by atoms with van der Waals surface area (Å²) >= 11 is 0. The molecule has 11 aromatic rings. The van der Waals surface area contributed by atoms with E-state index in [0.717, 1.165) is 22.7 Å². The van der Waals surface area contributed by atoms with Crippen LogP contribution in [-0.4, -0.2) is 4.57 Å². The summed E-state index contributed by atoms with van der Waals surface area (Å²) in [6.45, 7) is 0. The number of fused-ring (bicyclic) bond motifs is 7. The van der Waals surface area contributed by atoms with E-state index in [0.29, 0.717) is 0 Å². The van der Waals surface area contributed by atoms with Crippen LogP contribution in [0.3, 0.4) is 0 Å². The Morgan fingerprint density at radius 2 is 0.875 bits per heavy atom. The fourth-order valence-corrected chi connectivity index (χ4v) is 8.67. The van der Waals surface area contributed by atoms with Crippen molar-refractivity contribution in [2.24, 2.45) is 0 Å². The second-order valence-electron chi connectivity index (χ2n) is 14.6. The Bertz CT molecular complexity index is 3230. The Balaban J connectivity index is 1.05. The lowest BCUT2D eigenvalue weighted by Gasteiger charge is -2.26. The number of aromatic nitrogens is 1. The average Bonchev–Trinajstić information content (AvgIpc) is 3.59. The van der Waals surface area contributed by atoms with Gasteiger partial charge in [-0.1, -0.05) is 146 Å². The maximum Gasteiger partial charge on any atom is 0.0547 e. The van der Waals surface area contributed by atoms with E-state index in [4.69, 9.17) is 0 Å². The first-order chi connectivity index (χ1) is 27.8. The van der Waals surface area contributed by atoms with E-state index >= 15 is 0 Å². The van der Waals surface area contributed by atoms with Crippen LogP contribution in [0.5, 0.6) is 0 Å². The van der Waals surface area contributed by atoms with Crippen molar-refractivity contribution in [3.63, 3.8) is 0 Å². The third-order valence-electron chi connectivity index (χ3n) is 11.3. The van der Waals surface area contributed by atoms with E-state index in [9.17, 15) is 0 Å². The van der Waals surface area contributed by atoms with Crippen LogP contribution in [0, 0.1) is 0 Å². The van der Waals surface area contributed by atoms with Crippen molar-refractivity contribution in [1.29, 1.82) is 0 Å². The highest BCUT2D eigenvalue weighted by Gasteiger charge is 2.17. The highest BCUT2D eigenvalue weighted by Crippen LogP contribution is 2.41. The normalized spacial score (nSPS) is 11.6. The molecule has 0 aliphatic rings. The third-order valence-corrected chi connectivity index (χ3v) is 11.3. The predicted molar refractivity (Wildman–Crippen MR) is 239 cm³/mol. The SMILES string of the molecule is c1ccc(-c2cccc(N(c3ccc(-c4cc5ccccc5c5ccccc45)cc3)c3ccc(-n4c5ccccc5c5cc6ccccc6cc54)cc3)c2)cc1. The smallest absolute Gasteiger partial charge is 0.0547 e. The summed E-state index contributed by atoms with van der Waals surface area (Å²) < 4.78 is 2.41. The Morgan fingerprint density at radius 3 is 1.64 bits per heavy atom. The van der Waals surface area contributed by atoms with Crippen molar-refractivity contribution >= 4 is 71.2 Å². The molecule has 0 fully saturated rings. The monoisotopic (exact) mass is 712 g/mol. The standard InChI is InChI=1S/C54H36N2/c1-2-13-37(14-3-1)39-18-12-19-46(33-39)55(43-27-25-38(26-28-43)51-35-42-17-6-7-20-47(42)48-21-8-9-22-49(48)51)44-29-31-45(32-30-44)56-53-24-11-10-23-50(53)52-34-40-15-4-5-16-41(40)36-54(52)56/h1-36H. The van der Waals surface area contributed by atoms with Crippen LogP contribution < -0.4 is 4.90 Å². The van der Waals surface area contributed by atoms with Gasteiger partial charge in [-0.15, -0.1) is 0 Å². The van der Waals surface area contributed by atoms with E-state index in [1.54, 1.807) is 0 Å². The van der Waals surface area contributed by atoms with Crippen LogP contribution in [0.15, 0.2) is 218 Å². The van der Waals surface area contributed by atoms with Crippen LogP contribution >= 0.6 is 0 Å². The van der Waals surface area contributed by atoms with Gasteiger partial charge in [-0.3, -0.25) is 0 Å². The number of para-hydroxylation sites is 1. The number of nitrogens with zero attached hydrogens (tertiary/aromatic N) is 2. The van der Waals surface area contributed by atoms with Crippen LogP contribution in [0.1, 0.15) is 0 Å². The molecule has 2 nitrogen and oxygen atoms in total. The van der Waals surface area contributed by atoms with E-state index in [-0.39, 0.29) is 0 Å². The molecule has 0 saturated heterocycles. The zero-order chi connectivity index (χ0) is 37.0. The molecule has 262 valence electrons. The first-order valence-electron chi connectivity index (χ1n) is 19.3. The molecule has 0 aliphatic heterocycles. The summed E-state index contributed by atoms with van der Waals surface area (Å²) in [5.74, 6) is 0. The zero-order valence-electron chi connectivity index (χ0n) is 30.7. The maximum absolute atomic E-state index is 2.41. The van der Waals surface area contributed by atoms with Crippen molar-refractivity contribution in [1.82, 2.24) is 4.57 Å². The van der Waals surface area contributed by atoms with Crippen molar-refractivity contribution in [3.05, 3.63) is 218 Å². The Kier molecular flexibility index (Phi) is 7.53. The first kappa shape index (κ1) is 32.0. The molecule has 0 radical (unpaired) electrons. The van der Waals surface area contributed by atoms with Gasteiger partial charge in [0.15, 0.2) is 0 Å². The third kappa shape index (κ3) is 5.34. The molecular formula is C54H36N2. The van der Waals surface area contributed by atoms with Gasteiger partial charge in [-0.2, -0.15) is 0 Å². The van der Waals surface area contributed by atoms with E-state index < -0.39 is 0 Å². The number of anilines is 3. The highest BCUT2D eigenvalue weighted by molar-refractivity contribution is 6.15. The van der Waals surface area contributed by atoms with Gasteiger partial charge in [0.25, 0.3) is 0 Å². The van der Waals surface area contributed by atoms with Crippen molar-refractivity contribution in [2.75, 3.05) is 4.90 Å². The van der Waals surface area contributed by atoms with Gasteiger partial charge < -0.3 is 9.47 Å². The quantitative estimate of drug-likeness (QED) is 0.156. The molecule has 0 aliphatic carbocycles. The van der Waals surface area contributed by atoms with Gasteiger partial charge in [0.2, 0.25) is 0 Å². The molecule has 0 saturated carbocycles. The Labute approximate surface area is 325 Å². The minimum Gasteiger partial charge on any atom is -0.310 e. The van der Waals surface area contributed by atoms with Gasteiger partial charge in [0.1, 0.15) is 0 Å². The van der Waals surface area contributed by atoms with Gasteiger partial charge in [0, 0.05) is 33.5 Å². The van der Waals surface area contributed by atoms with Crippen molar-refractivity contribution < 1.29 is 0 Å². The molecule has 11 rings (SSSR count). The summed E-state index contributed by atoms with van der Waals surface area (Å²) in [4.78, 5) is 2.37. The number of hydrogen-bond donors (Lipinski definition) is 0. The van der Waals surface area contributed by atoms with Crippen LogP contribution in [0.4, 0.5) is 17.1 Å². The fraction of sp³-hybridized carbons (Fsp3) is 0. The Hall–Kier alpha value is -7.42. The van der Waals surface area contributed by atoms with E-state index in [2.05, 4.69) is 228 Å². The molecule has 2 heteroatoms. The van der Waals surface area contributed by atoms with Gasteiger partial charge in [-0.05, 0) is 127 Å². The van der Waals surface area contributed by atoms with Crippen LogP contribution in [-0.2, 0) is 0 Å². The zero-order valence-corrected chi connectivity index (χ0v) is 30.7.